The van der Waals surface area contributed by atoms with Crippen LogP contribution < -0.4 is 10.9 Å². The van der Waals surface area contributed by atoms with E-state index in [1.807, 2.05) is 0 Å². The Balaban J connectivity index is 1.20. The Morgan fingerprint density at radius 2 is 1.85 bits per heavy atom. The van der Waals surface area contributed by atoms with Crippen molar-refractivity contribution in [1.29, 1.82) is 5.26 Å². The van der Waals surface area contributed by atoms with Gasteiger partial charge in [0.1, 0.15) is 12.1 Å². The van der Waals surface area contributed by atoms with Gasteiger partial charge in [-0.1, -0.05) is 25.0 Å². The van der Waals surface area contributed by atoms with Gasteiger partial charge in [-0.3, -0.25) is 23.7 Å². The van der Waals surface area contributed by atoms with Crippen LogP contribution in [0.3, 0.4) is 0 Å². The van der Waals surface area contributed by atoms with E-state index in [4.69, 9.17) is 9.79 Å². The van der Waals surface area contributed by atoms with E-state index in [2.05, 4.69) is 16.4 Å². The van der Waals surface area contributed by atoms with Crippen LogP contribution in [-0.4, -0.2) is 73.5 Å². The summed E-state index contributed by atoms with van der Waals surface area (Å²) in [4.78, 5) is 77.9. The number of nitriles is 1. The van der Waals surface area contributed by atoms with Crippen LogP contribution in [0.25, 0.3) is 10.1 Å². The molecule has 5 atom stereocenters. The fraction of sp³-hybridized carbons (Fsp3) is 0.452. The van der Waals surface area contributed by atoms with Gasteiger partial charge in [0.15, 0.2) is 0 Å². The Hall–Kier alpha value is -3.96. The molecule has 5 heterocycles. The number of nitrogens with one attached hydrogen (secondary N) is 2. The maximum Gasteiger partial charge on any atom is 0.399 e. The molecule has 3 aromatic rings. The standard InChI is InChI=1S/C31H32F2N5O7PS/c32-31(33,46(43,44)45)19-7-10-25-17(12-19)13-26(47-25)28(40)36-23-6-2-1-4-20-8-9-24(38(20)29(23)41)30(42)37-15-18(14-34)22(16-37)21-5-3-11-35-27(21)39/h3,5,7,10-13,18,20,22-24H,1-2,4,6,8-9,15-16H2,(H,35,39)(H,36,40)(H2,43,44,45)/t18-,20-,22-,23-,24-/m0/s1. The van der Waals surface area contributed by atoms with Crippen molar-refractivity contribution in [3.8, 4) is 6.07 Å². The molecule has 3 amide bonds. The second-order valence-electron chi connectivity index (χ2n) is 12.3. The number of fused-ring (bicyclic) bond motifs is 2. The van der Waals surface area contributed by atoms with Gasteiger partial charge in [-0.2, -0.15) is 14.0 Å². The zero-order valence-electron chi connectivity index (χ0n) is 25.0. The number of amides is 3. The lowest BCUT2D eigenvalue weighted by Crippen LogP contribution is -2.56. The maximum absolute atomic E-state index is 14.3. The molecule has 12 nitrogen and oxygen atoms in total. The van der Waals surface area contributed by atoms with Crippen LogP contribution in [0.15, 0.2) is 47.4 Å². The van der Waals surface area contributed by atoms with Crippen molar-refractivity contribution in [3.63, 3.8) is 0 Å². The van der Waals surface area contributed by atoms with Crippen molar-refractivity contribution >= 4 is 46.7 Å². The number of aromatic amines is 1. The van der Waals surface area contributed by atoms with E-state index in [9.17, 15) is 37.8 Å². The van der Waals surface area contributed by atoms with Gasteiger partial charge in [0.25, 0.3) is 11.5 Å². The number of nitrogens with zero attached hydrogens (tertiary/aromatic N) is 3. The van der Waals surface area contributed by atoms with Gasteiger partial charge in [0.05, 0.1) is 16.9 Å². The molecule has 1 aromatic carbocycles. The van der Waals surface area contributed by atoms with Crippen molar-refractivity contribution in [2.75, 3.05) is 13.1 Å². The van der Waals surface area contributed by atoms with Crippen molar-refractivity contribution in [3.05, 3.63) is 69.0 Å². The smallest absolute Gasteiger partial charge is 0.340 e. The number of rotatable bonds is 6. The second kappa shape index (κ2) is 12.6. The summed E-state index contributed by atoms with van der Waals surface area (Å²) >= 11 is 0.987. The predicted molar refractivity (Wildman–Crippen MR) is 167 cm³/mol. The lowest BCUT2D eigenvalue weighted by atomic mass is 9.91. The molecule has 4 N–H and O–H groups in total. The van der Waals surface area contributed by atoms with Crippen LogP contribution in [0.2, 0.25) is 0 Å². The predicted octanol–water partition coefficient (Wildman–Crippen LogP) is 3.61. The summed E-state index contributed by atoms with van der Waals surface area (Å²) in [6.45, 7) is 0.298. The van der Waals surface area contributed by atoms with Gasteiger partial charge in [-0.25, -0.2) is 0 Å². The van der Waals surface area contributed by atoms with Crippen molar-refractivity contribution in [2.24, 2.45) is 5.92 Å². The number of halogens is 2. The second-order valence-corrected chi connectivity index (χ2v) is 15.0. The minimum atomic E-state index is -5.78. The topological polar surface area (TPSA) is 184 Å². The Labute approximate surface area is 271 Å². The number of carbonyl (C=O) groups is 3. The van der Waals surface area contributed by atoms with Crippen LogP contribution in [0.1, 0.15) is 65.2 Å². The number of aromatic nitrogens is 1. The highest BCUT2D eigenvalue weighted by atomic mass is 32.1. The molecule has 6 rings (SSSR count). The normalized spacial score (nSPS) is 25.3. The van der Waals surface area contributed by atoms with Crippen LogP contribution in [0, 0.1) is 17.2 Å². The van der Waals surface area contributed by atoms with Gasteiger partial charge in [-0.05, 0) is 55.3 Å². The molecule has 2 aromatic heterocycles. The lowest BCUT2D eigenvalue weighted by molar-refractivity contribution is -0.146. The fourth-order valence-corrected chi connectivity index (χ4v) is 8.44. The zero-order chi connectivity index (χ0) is 33.7. The molecule has 0 unspecified atom stereocenters. The number of pyridine rings is 1. The highest BCUT2D eigenvalue weighted by molar-refractivity contribution is 7.52. The molecule has 3 saturated heterocycles. The molecule has 0 bridgehead atoms. The van der Waals surface area contributed by atoms with E-state index in [1.54, 1.807) is 21.9 Å². The van der Waals surface area contributed by atoms with Crippen LogP contribution in [0.5, 0.6) is 0 Å². The monoisotopic (exact) mass is 687 g/mol. The molecule has 3 aliphatic heterocycles. The summed E-state index contributed by atoms with van der Waals surface area (Å²) in [6.07, 6.45) is 5.01. The molecule has 47 heavy (non-hydrogen) atoms. The van der Waals surface area contributed by atoms with E-state index in [0.717, 1.165) is 29.9 Å². The first-order valence-corrected chi connectivity index (χ1v) is 17.7. The molecule has 0 saturated carbocycles. The van der Waals surface area contributed by atoms with Gasteiger partial charge >= 0.3 is 13.3 Å². The Kier molecular flexibility index (Phi) is 8.82. The first kappa shape index (κ1) is 33.0. The number of likely N-dealkylation sites (tertiary alicyclic amines) is 1. The van der Waals surface area contributed by atoms with Crippen LogP contribution >= 0.6 is 18.9 Å². The summed E-state index contributed by atoms with van der Waals surface area (Å²) in [5.41, 5.74) is -5.17. The summed E-state index contributed by atoms with van der Waals surface area (Å²) in [7, 11) is -5.78. The number of hydrogen-bond acceptors (Lipinski definition) is 7. The fourth-order valence-electron chi connectivity index (χ4n) is 7.02. The number of benzene rings is 1. The minimum absolute atomic E-state index is 0.124. The average Bonchev–Trinajstić information content (AvgIpc) is 3.77. The highest BCUT2D eigenvalue weighted by Gasteiger charge is 2.51. The zero-order valence-corrected chi connectivity index (χ0v) is 26.7. The van der Waals surface area contributed by atoms with Gasteiger partial charge in [-0.15, -0.1) is 11.3 Å². The number of carbonyl (C=O) groups excluding carboxylic acids is 3. The van der Waals surface area contributed by atoms with Gasteiger partial charge < -0.3 is 29.9 Å². The van der Waals surface area contributed by atoms with E-state index in [-0.39, 0.29) is 40.9 Å². The molecular weight excluding hydrogens is 655 g/mol. The third-order valence-electron chi connectivity index (χ3n) is 9.42. The van der Waals surface area contributed by atoms with E-state index >= 15 is 0 Å². The molecule has 0 aliphatic carbocycles. The van der Waals surface area contributed by atoms with Crippen molar-refractivity contribution < 1.29 is 37.5 Å². The van der Waals surface area contributed by atoms with E-state index < -0.39 is 54.6 Å². The number of thiophene rings is 1. The van der Waals surface area contributed by atoms with Gasteiger partial charge in [0.2, 0.25) is 11.8 Å². The van der Waals surface area contributed by atoms with Crippen LogP contribution in [0.4, 0.5) is 8.78 Å². The summed E-state index contributed by atoms with van der Waals surface area (Å²) in [6, 6.07) is 8.05. The summed E-state index contributed by atoms with van der Waals surface area (Å²) < 4.78 is 40.4. The maximum atomic E-state index is 14.3. The highest BCUT2D eigenvalue weighted by Crippen LogP contribution is 2.59. The summed E-state index contributed by atoms with van der Waals surface area (Å²) in [5.74, 6) is -2.36. The number of alkyl halides is 2. The third kappa shape index (κ3) is 6.11. The first-order chi connectivity index (χ1) is 22.3. The van der Waals surface area contributed by atoms with E-state index in [0.29, 0.717) is 42.4 Å². The Morgan fingerprint density at radius 1 is 1.09 bits per heavy atom. The third-order valence-corrected chi connectivity index (χ3v) is 11.5. The van der Waals surface area contributed by atoms with Crippen molar-refractivity contribution in [2.45, 2.75) is 68.2 Å². The number of H-pyrrole nitrogens is 1. The average molecular weight is 688 g/mol. The van der Waals surface area contributed by atoms with Gasteiger partial charge in [0, 0.05) is 47.1 Å². The molecule has 3 fully saturated rings. The molecular formula is C31H32F2N5O7PS. The van der Waals surface area contributed by atoms with E-state index in [1.165, 1.54) is 18.3 Å². The first-order valence-electron chi connectivity index (χ1n) is 15.3. The minimum Gasteiger partial charge on any atom is -0.340 e. The van der Waals surface area contributed by atoms with Crippen molar-refractivity contribution in [1.82, 2.24) is 20.1 Å². The molecule has 0 spiro atoms. The summed E-state index contributed by atoms with van der Waals surface area (Å²) in [5, 5.41) is 12.8. The molecule has 16 heteroatoms. The Bertz CT molecular complexity index is 1890. The molecule has 3 aliphatic rings. The SMILES string of the molecule is N#C[C@H]1CN(C(=O)[C@@H]2CC[C@@H]3CCCC[C@H](NC(=O)c4cc5cc(C(F)(F)P(=O)(O)O)ccc5s4)C(=O)N32)C[C@@H]1c1ccc[nH]c1=O. The molecule has 248 valence electrons. The molecule has 0 radical (unpaired) electrons. The quantitative estimate of drug-likeness (QED) is 0.283. The largest absolute Gasteiger partial charge is 0.399 e. The van der Waals surface area contributed by atoms with Crippen LogP contribution in [-0.2, 0) is 19.8 Å². The number of hydrogen-bond donors (Lipinski definition) is 4. The Morgan fingerprint density at radius 3 is 2.57 bits per heavy atom. The lowest BCUT2D eigenvalue weighted by Gasteiger charge is -2.36.